The summed E-state index contributed by atoms with van der Waals surface area (Å²) in [6, 6.07) is 12.3. The van der Waals surface area contributed by atoms with Gasteiger partial charge in [-0.25, -0.2) is 9.48 Å². The number of carbonyl (C=O) groups is 2. The summed E-state index contributed by atoms with van der Waals surface area (Å²) in [5, 5.41) is 15.0. The van der Waals surface area contributed by atoms with Gasteiger partial charge in [-0.1, -0.05) is 12.1 Å². The summed E-state index contributed by atoms with van der Waals surface area (Å²) >= 11 is 0. The van der Waals surface area contributed by atoms with Crippen LogP contribution in [0.4, 0.5) is 5.69 Å². The minimum atomic E-state index is -0.668. The second-order valence-corrected chi connectivity index (χ2v) is 6.13. The average Bonchev–Trinajstić information content (AvgIpc) is 3.17. The standard InChI is InChI=1S/C20H18N4O6/c1-2-29-20(26)18-17(30-12-13-4-3-5-14(10-13)19(21)25)11-23(22-18)15-6-8-16(9-7-15)24(27)28/h3-11H,2,12H2,1H3,(H2,21,25). The van der Waals surface area contributed by atoms with Gasteiger partial charge in [0.2, 0.25) is 11.6 Å². The quantitative estimate of drug-likeness (QED) is 0.342. The fourth-order valence-electron chi connectivity index (χ4n) is 2.64. The van der Waals surface area contributed by atoms with Crippen LogP contribution in [0.5, 0.6) is 5.75 Å². The van der Waals surface area contributed by atoms with Crippen molar-refractivity contribution in [3.63, 3.8) is 0 Å². The maximum absolute atomic E-state index is 12.3. The third-order valence-electron chi connectivity index (χ3n) is 4.08. The lowest BCUT2D eigenvalue weighted by molar-refractivity contribution is -0.384. The Morgan fingerprint density at radius 3 is 2.57 bits per heavy atom. The first-order valence-corrected chi connectivity index (χ1v) is 8.92. The summed E-state index contributed by atoms with van der Waals surface area (Å²) in [7, 11) is 0. The summed E-state index contributed by atoms with van der Waals surface area (Å²) in [6.45, 7) is 1.88. The van der Waals surface area contributed by atoms with Crippen LogP contribution in [0.2, 0.25) is 0 Å². The highest BCUT2D eigenvalue weighted by molar-refractivity contribution is 5.93. The van der Waals surface area contributed by atoms with Crippen LogP contribution in [0, 0.1) is 10.1 Å². The van der Waals surface area contributed by atoms with E-state index in [4.69, 9.17) is 15.2 Å². The van der Waals surface area contributed by atoms with E-state index in [1.807, 2.05) is 0 Å². The Labute approximate surface area is 171 Å². The molecule has 154 valence electrons. The number of primary amides is 1. The normalized spacial score (nSPS) is 10.4. The predicted octanol–water partition coefficient (Wildman–Crippen LogP) is 2.64. The van der Waals surface area contributed by atoms with Gasteiger partial charge in [-0.2, -0.15) is 5.10 Å². The molecule has 3 rings (SSSR count). The van der Waals surface area contributed by atoms with Gasteiger partial charge in [0, 0.05) is 17.7 Å². The monoisotopic (exact) mass is 410 g/mol. The van der Waals surface area contributed by atoms with E-state index in [1.54, 1.807) is 31.2 Å². The molecule has 1 amide bonds. The number of nitrogens with zero attached hydrogens (tertiary/aromatic N) is 3. The lowest BCUT2D eigenvalue weighted by atomic mass is 10.1. The number of aromatic nitrogens is 2. The molecule has 10 nitrogen and oxygen atoms in total. The molecule has 0 aliphatic heterocycles. The summed E-state index contributed by atoms with van der Waals surface area (Å²) in [4.78, 5) is 33.9. The second kappa shape index (κ2) is 8.86. The summed E-state index contributed by atoms with van der Waals surface area (Å²) < 4.78 is 12.1. The molecule has 30 heavy (non-hydrogen) atoms. The first-order chi connectivity index (χ1) is 14.4. The predicted molar refractivity (Wildman–Crippen MR) is 105 cm³/mol. The van der Waals surface area contributed by atoms with Gasteiger partial charge in [-0.05, 0) is 36.8 Å². The van der Waals surface area contributed by atoms with Crippen LogP contribution < -0.4 is 10.5 Å². The first-order valence-electron chi connectivity index (χ1n) is 8.92. The van der Waals surface area contributed by atoms with E-state index >= 15 is 0 Å². The average molecular weight is 410 g/mol. The summed E-state index contributed by atoms with van der Waals surface area (Å²) in [6.07, 6.45) is 1.48. The van der Waals surface area contributed by atoms with Gasteiger partial charge in [-0.15, -0.1) is 0 Å². The zero-order valence-electron chi connectivity index (χ0n) is 16.0. The third-order valence-corrected chi connectivity index (χ3v) is 4.08. The Morgan fingerprint density at radius 2 is 1.93 bits per heavy atom. The van der Waals surface area contributed by atoms with Crippen molar-refractivity contribution in [3.05, 3.63) is 81.7 Å². The number of nitro groups is 1. The molecule has 0 saturated heterocycles. The largest absolute Gasteiger partial charge is 0.485 e. The Hall–Kier alpha value is -4.21. The fraction of sp³-hybridized carbons (Fsp3) is 0.150. The van der Waals surface area contributed by atoms with Crippen molar-refractivity contribution in [2.75, 3.05) is 6.61 Å². The zero-order chi connectivity index (χ0) is 21.7. The lowest BCUT2D eigenvalue weighted by Gasteiger charge is -2.06. The number of non-ortho nitro benzene ring substituents is 1. The van der Waals surface area contributed by atoms with E-state index in [9.17, 15) is 19.7 Å². The number of hydrogen-bond donors (Lipinski definition) is 1. The molecule has 1 heterocycles. The fourth-order valence-corrected chi connectivity index (χ4v) is 2.64. The smallest absolute Gasteiger partial charge is 0.362 e. The molecular formula is C20H18N4O6. The van der Waals surface area contributed by atoms with Crippen molar-refractivity contribution in [2.24, 2.45) is 5.73 Å². The Kier molecular flexibility index (Phi) is 6.06. The third kappa shape index (κ3) is 4.61. The van der Waals surface area contributed by atoms with Crippen LogP contribution in [-0.4, -0.2) is 33.2 Å². The number of rotatable bonds is 8. The van der Waals surface area contributed by atoms with Crippen molar-refractivity contribution in [1.82, 2.24) is 9.78 Å². The number of nitro benzene ring substituents is 1. The number of amides is 1. The highest BCUT2D eigenvalue weighted by Gasteiger charge is 2.21. The number of hydrogen-bond acceptors (Lipinski definition) is 7. The van der Waals surface area contributed by atoms with Crippen LogP contribution in [0.25, 0.3) is 5.69 Å². The van der Waals surface area contributed by atoms with E-state index in [-0.39, 0.29) is 30.3 Å². The SMILES string of the molecule is CCOC(=O)c1nn(-c2ccc([N+](=O)[O-])cc2)cc1OCc1cccc(C(N)=O)c1. The molecule has 0 fully saturated rings. The number of benzene rings is 2. The lowest BCUT2D eigenvalue weighted by Crippen LogP contribution is -2.11. The van der Waals surface area contributed by atoms with Crippen molar-refractivity contribution >= 4 is 17.6 Å². The summed E-state index contributed by atoms with van der Waals surface area (Å²) in [5.74, 6) is -1.06. The molecule has 2 aromatic carbocycles. The van der Waals surface area contributed by atoms with Crippen LogP contribution in [0.1, 0.15) is 33.3 Å². The first kappa shape index (κ1) is 20.5. The maximum atomic E-state index is 12.3. The molecule has 0 bridgehead atoms. The second-order valence-electron chi connectivity index (χ2n) is 6.13. The van der Waals surface area contributed by atoms with E-state index in [0.717, 1.165) is 0 Å². The Morgan fingerprint density at radius 1 is 1.20 bits per heavy atom. The number of nitrogens with two attached hydrogens (primary N) is 1. The molecule has 1 aromatic heterocycles. The van der Waals surface area contributed by atoms with Crippen molar-refractivity contribution < 1.29 is 24.0 Å². The van der Waals surface area contributed by atoms with E-state index < -0.39 is 16.8 Å². The molecule has 0 unspecified atom stereocenters. The summed E-state index contributed by atoms with van der Waals surface area (Å²) in [5.41, 5.74) is 6.68. The van der Waals surface area contributed by atoms with Crippen LogP contribution in [0.3, 0.4) is 0 Å². The maximum Gasteiger partial charge on any atom is 0.362 e. The number of carbonyl (C=O) groups excluding carboxylic acids is 2. The van der Waals surface area contributed by atoms with Crippen LogP contribution in [0.15, 0.2) is 54.7 Å². The molecule has 0 aliphatic carbocycles. The van der Waals surface area contributed by atoms with Crippen LogP contribution >= 0.6 is 0 Å². The van der Waals surface area contributed by atoms with Gasteiger partial charge in [0.05, 0.1) is 23.4 Å². The molecular weight excluding hydrogens is 392 g/mol. The highest BCUT2D eigenvalue weighted by Crippen LogP contribution is 2.23. The molecule has 0 saturated carbocycles. The van der Waals surface area contributed by atoms with Crippen molar-refractivity contribution in [1.29, 1.82) is 0 Å². The van der Waals surface area contributed by atoms with Crippen molar-refractivity contribution in [2.45, 2.75) is 13.5 Å². The van der Waals surface area contributed by atoms with Crippen molar-refractivity contribution in [3.8, 4) is 11.4 Å². The van der Waals surface area contributed by atoms with E-state index in [0.29, 0.717) is 16.8 Å². The molecule has 0 atom stereocenters. The Bertz CT molecular complexity index is 1090. The molecule has 3 aromatic rings. The Balaban J connectivity index is 1.88. The molecule has 0 aliphatic rings. The molecule has 10 heteroatoms. The minimum Gasteiger partial charge on any atom is -0.485 e. The van der Waals surface area contributed by atoms with Crippen LogP contribution in [-0.2, 0) is 11.3 Å². The highest BCUT2D eigenvalue weighted by atomic mass is 16.6. The zero-order valence-corrected chi connectivity index (χ0v) is 16.0. The van der Waals surface area contributed by atoms with Gasteiger partial charge in [0.15, 0.2) is 5.75 Å². The minimum absolute atomic E-state index is 0.0405. The van der Waals surface area contributed by atoms with Gasteiger partial charge >= 0.3 is 5.97 Å². The van der Waals surface area contributed by atoms with Gasteiger partial charge in [0.25, 0.3) is 5.69 Å². The topological polar surface area (TPSA) is 140 Å². The molecule has 2 N–H and O–H groups in total. The van der Waals surface area contributed by atoms with E-state index in [2.05, 4.69) is 5.10 Å². The molecule has 0 spiro atoms. The molecule has 0 radical (unpaired) electrons. The number of ether oxygens (including phenoxy) is 2. The van der Waals surface area contributed by atoms with Gasteiger partial charge < -0.3 is 15.2 Å². The number of esters is 1. The van der Waals surface area contributed by atoms with Gasteiger partial charge in [0.1, 0.15) is 6.61 Å². The van der Waals surface area contributed by atoms with E-state index in [1.165, 1.54) is 35.1 Å². The van der Waals surface area contributed by atoms with Gasteiger partial charge in [-0.3, -0.25) is 14.9 Å².